The quantitative estimate of drug-likeness (QED) is 0.319. The zero-order chi connectivity index (χ0) is 14.9. The van der Waals surface area contributed by atoms with Crippen LogP contribution in [-0.4, -0.2) is 24.7 Å². The molecule has 1 aliphatic rings. The molecule has 0 radical (unpaired) electrons. The van der Waals surface area contributed by atoms with Crippen LogP contribution in [0.15, 0.2) is 12.1 Å². The summed E-state index contributed by atoms with van der Waals surface area (Å²) in [6.45, 7) is 5.94. The van der Waals surface area contributed by atoms with Crippen molar-refractivity contribution in [1.82, 2.24) is 5.32 Å². The number of rotatable bonds is 3. The first-order valence-electron chi connectivity index (χ1n) is 6.40. The third-order valence-electron chi connectivity index (χ3n) is 3.61. The lowest BCUT2D eigenvalue weighted by Crippen LogP contribution is -2.38. The van der Waals surface area contributed by atoms with Crippen molar-refractivity contribution in [3.8, 4) is 0 Å². The summed E-state index contributed by atoms with van der Waals surface area (Å²) in [5, 5.41) is 3.33. The molecular formula is C14H16I3NO2. The summed E-state index contributed by atoms with van der Waals surface area (Å²) in [4.78, 5) is 12.5. The summed E-state index contributed by atoms with van der Waals surface area (Å²) in [5.74, 6) is 0.161. The van der Waals surface area contributed by atoms with Crippen LogP contribution in [0, 0.1) is 16.6 Å². The fourth-order valence-electron chi connectivity index (χ4n) is 2.33. The van der Waals surface area contributed by atoms with E-state index in [-0.39, 0.29) is 5.97 Å². The van der Waals surface area contributed by atoms with Crippen molar-refractivity contribution in [3.05, 3.63) is 28.4 Å². The van der Waals surface area contributed by atoms with Crippen LogP contribution in [0.4, 0.5) is 0 Å². The minimum atomic E-state index is -0.434. The van der Waals surface area contributed by atoms with Crippen molar-refractivity contribution < 1.29 is 9.53 Å². The summed E-state index contributed by atoms with van der Waals surface area (Å²) in [7, 11) is 0. The zero-order valence-electron chi connectivity index (χ0n) is 11.3. The van der Waals surface area contributed by atoms with Gasteiger partial charge in [0.2, 0.25) is 0 Å². The van der Waals surface area contributed by atoms with Gasteiger partial charge in [0.25, 0.3) is 0 Å². The topological polar surface area (TPSA) is 38.3 Å². The Kier molecular flexibility index (Phi) is 5.97. The van der Waals surface area contributed by atoms with Crippen LogP contribution in [0.1, 0.15) is 30.6 Å². The molecule has 1 aliphatic heterocycles. The molecule has 0 spiro atoms. The van der Waals surface area contributed by atoms with E-state index in [1.807, 2.05) is 19.9 Å². The van der Waals surface area contributed by atoms with Gasteiger partial charge in [-0.25, -0.2) is 4.79 Å². The van der Waals surface area contributed by atoms with Crippen LogP contribution < -0.4 is 5.32 Å². The lowest BCUT2D eigenvalue weighted by atomic mass is 9.90. The average molecular weight is 611 g/mol. The predicted molar refractivity (Wildman–Crippen MR) is 105 cm³/mol. The van der Waals surface area contributed by atoms with E-state index in [0.717, 1.165) is 30.2 Å². The standard InChI is InChI=1S/C14H16I3NO2/c1-14(2,8-3-4-18-7-8)20-13(19)10-5-9(15)6-11(16)12(10)17/h5-6,8,18H,3-4,7H2,1-2H3. The molecule has 3 nitrogen and oxygen atoms in total. The van der Waals surface area contributed by atoms with Gasteiger partial charge < -0.3 is 10.1 Å². The largest absolute Gasteiger partial charge is 0.456 e. The van der Waals surface area contributed by atoms with Crippen LogP contribution in [0.5, 0.6) is 0 Å². The van der Waals surface area contributed by atoms with Crippen LogP contribution in [-0.2, 0) is 4.74 Å². The molecule has 0 saturated carbocycles. The van der Waals surface area contributed by atoms with Crippen LogP contribution >= 0.6 is 67.8 Å². The van der Waals surface area contributed by atoms with Crippen LogP contribution in [0.3, 0.4) is 0 Å². The van der Waals surface area contributed by atoms with E-state index in [1.165, 1.54) is 0 Å². The Morgan fingerprint density at radius 2 is 2.05 bits per heavy atom. The highest BCUT2D eigenvalue weighted by Gasteiger charge is 2.35. The Morgan fingerprint density at radius 1 is 1.35 bits per heavy atom. The molecule has 0 bridgehead atoms. The molecule has 0 aromatic heterocycles. The normalized spacial score (nSPS) is 19.1. The van der Waals surface area contributed by atoms with Gasteiger partial charge in [0.05, 0.1) is 5.56 Å². The second-order valence-corrected chi connectivity index (χ2v) is 8.92. The number of esters is 1. The highest BCUT2D eigenvalue weighted by Crippen LogP contribution is 2.30. The molecule has 0 aliphatic carbocycles. The average Bonchev–Trinajstić information content (AvgIpc) is 2.87. The van der Waals surface area contributed by atoms with Crippen molar-refractivity contribution >= 4 is 73.7 Å². The SMILES string of the molecule is CC(C)(OC(=O)c1cc(I)cc(I)c1I)C1CCNC1. The molecule has 2 rings (SSSR count). The maximum absolute atomic E-state index is 12.5. The highest BCUT2D eigenvalue weighted by atomic mass is 127. The number of benzene rings is 1. The van der Waals surface area contributed by atoms with Gasteiger partial charge >= 0.3 is 5.97 Å². The second-order valence-electron chi connectivity index (χ2n) is 5.43. The van der Waals surface area contributed by atoms with Gasteiger partial charge in [-0.15, -0.1) is 0 Å². The van der Waals surface area contributed by atoms with Crippen LogP contribution in [0.25, 0.3) is 0 Å². The van der Waals surface area contributed by atoms with Gasteiger partial charge in [-0.1, -0.05) is 0 Å². The van der Waals surface area contributed by atoms with Crippen molar-refractivity contribution in [3.63, 3.8) is 0 Å². The lowest BCUT2D eigenvalue weighted by molar-refractivity contribution is -0.0257. The van der Waals surface area contributed by atoms with Gasteiger partial charge in [0.1, 0.15) is 5.60 Å². The Morgan fingerprint density at radius 3 is 2.65 bits per heavy atom. The Hall–Kier alpha value is 0.840. The number of hydrogen-bond donors (Lipinski definition) is 1. The zero-order valence-corrected chi connectivity index (χ0v) is 17.8. The first-order chi connectivity index (χ1) is 9.31. The summed E-state index contributed by atoms with van der Waals surface area (Å²) < 4.78 is 8.92. The third-order valence-corrected chi connectivity index (χ3v) is 7.28. The van der Waals surface area contributed by atoms with E-state index >= 15 is 0 Å². The summed E-state index contributed by atoms with van der Waals surface area (Å²) >= 11 is 6.70. The monoisotopic (exact) mass is 611 g/mol. The maximum atomic E-state index is 12.5. The molecule has 1 atom stereocenters. The predicted octanol–water partition coefficient (Wildman–Crippen LogP) is 4.05. The second kappa shape index (κ2) is 6.95. The van der Waals surface area contributed by atoms with Gasteiger partial charge in [-0.2, -0.15) is 0 Å². The summed E-state index contributed by atoms with van der Waals surface area (Å²) in [6.07, 6.45) is 1.06. The first kappa shape index (κ1) is 17.2. The summed E-state index contributed by atoms with van der Waals surface area (Å²) in [5.41, 5.74) is 0.233. The minimum absolute atomic E-state index is 0.220. The molecule has 110 valence electrons. The number of hydrogen-bond acceptors (Lipinski definition) is 3. The smallest absolute Gasteiger partial charge is 0.339 e. The first-order valence-corrected chi connectivity index (χ1v) is 9.63. The minimum Gasteiger partial charge on any atom is -0.456 e. The van der Waals surface area contributed by atoms with Crippen molar-refractivity contribution in [2.75, 3.05) is 13.1 Å². The lowest BCUT2D eigenvalue weighted by Gasteiger charge is -2.31. The van der Waals surface area contributed by atoms with Crippen LogP contribution in [0.2, 0.25) is 0 Å². The van der Waals surface area contributed by atoms with Gasteiger partial charge in [0.15, 0.2) is 0 Å². The number of carbonyl (C=O) groups is 1. The maximum Gasteiger partial charge on any atom is 0.339 e. The van der Waals surface area contributed by atoms with Crippen molar-refractivity contribution in [2.45, 2.75) is 25.9 Å². The molecule has 1 unspecified atom stereocenters. The molecule has 1 saturated heterocycles. The molecule has 1 aromatic carbocycles. The molecule has 6 heteroatoms. The Labute approximate surface area is 160 Å². The number of halogens is 3. The van der Waals surface area contributed by atoms with Crippen molar-refractivity contribution in [2.24, 2.45) is 5.92 Å². The fraction of sp³-hybridized carbons (Fsp3) is 0.500. The molecular weight excluding hydrogens is 595 g/mol. The van der Waals surface area contributed by atoms with E-state index in [9.17, 15) is 4.79 Å². The van der Waals surface area contributed by atoms with Crippen molar-refractivity contribution in [1.29, 1.82) is 0 Å². The molecule has 0 amide bonds. The van der Waals surface area contributed by atoms with Gasteiger partial charge in [-0.05, 0) is 107 Å². The Bertz CT molecular complexity index is 525. The molecule has 20 heavy (non-hydrogen) atoms. The molecule has 1 aromatic rings. The van der Waals surface area contributed by atoms with Gasteiger partial charge in [0, 0.05) is 23.2 Å². The number of nitrogens with one attached hydrogen (secondary N) is 1. The number of carbonyl (C=O) groups excluding carboxylic acids is 1. The molecule has 1 fully saturated rings. The van der Waals surface area contributed by atoms with E-state index in [4.69, 9.17) is 4.74 Å². The highest BCUT2D eigenvalue weighted by molar-refractivity contribution is 14.1. The summed E-state index contributed by atoms with van der Waals surface area (Å²) in [6, 6.07) is 3.96. The molecule has 1 heterocycles. The fourth-order valence-corrected chi connectivity index (χ4v) is 4.71. The van der Waals surface area contributed by atoms with Gasteiger partial charge in [-0.3, -0.25) is 0 Å². The Balaban J connectivity index is 2.19. The van der Waals surface area contributed by atoms with E-state index in [0.29, 0.717) is 11.5 Å². The third kappa shape index (κ3) is 3.97. The van der Waals surface area contributed by atoms with E-state index in [1.54, 1.807) is 0 Å². The number of ether oxygens (including phenoxy) is 1. The van der Waals surface area contributed by atoms with E-state index in [2.05, 4.69) is 79.2 Å². The molecule has 1 N–H and O–H groups in total. The van der Waals surface area contributed by atoms with E-state index < -0.39 is 5.60 Å².